The smallest absolute Gasteiger partial charge is 0.337 e. The van der Waals surface area contributed by atoms with Crippen LogP contribution in [0.4, 0.5) is 11.4 Å². The minimum Gasteiger partial charge on any atom is -0.468 e. The van der Waals surface area contributed by atoms with Crippen LogP contribution in [0.15, 0.2) is 53.4 Å². The molecule has 1 N–H and O–H groups in total. The minimum absolute atomic E-state index is 0.0902. The second-order valence-corrected chi connectivity index (χ2v) is 7.69. The maximum Gasteiger partial charge on any atom is 0.337 e. The van der Waals surface area contributed by atoms with Crippen LogP contribution < -0.4 is 9.62 Å². The zero-order chi connectivity index (χ0) is 21.6. The van der Waals surface area contributed by atoms with Crippen molar-refractivity contribution in [2.24, 2.45) is 0 Å². The largest absolute Gasteiger partial charge is 0.468 e. The van der Waals surface area contributed by atoms with E-state index < -0.39 is 28.5 Å². The van der Waals surface area contributed by atoms with Gasteiger partial charge in [0.1, 0.15) is 6.54 Å². The van der Waals surface area contributed by atoms with Crippen molar-refractivity contribution >= 4 is 39.2 Å². The van der Waals surface area contributed by atoms with Gasteiger partial charge in [0, 0.05) is 12.6 Å². The molecule has 0 spiro atoms. The lowest BCUT2D eigenvalue weighted by Crippen LogP contribution is -2.36. The molecule has 0 atom stereocenters. The van der Waals surface area contributed by atoms with Gasteiger partial charge in [0.2, 0.25) is 5.91 Å². The van der Waals surface area contributed by atoms with Crippen LogP contribution >= 0.6 is 0 Å². The van der Waals surface area contributed by atoms with E-state index in [1.165, 1.54) is 62.6 Å². The Bertz CT molecular complexity index is 1000. The van der Waals surface area contributed by atoms with E-state index in [4.69, 9.17) is 0 Å². The fourth-order valence-electron chi connectivity index (χ4n) is 2.42. The zero-order valence-corrected chi connectivity index (χ0v) is 16.9. The van der Waals surface area contributed by atoms with Gasteiger partial charge in [0.15, 0.2) is 0 Å². The van der Waals surface area contributed by atoms with Gasteiger partial charge in [0.05, 0.1) is 30.4 Å². The average Bonchev–Trinajstić information content (AvgIpc) is 2.71. The fraction of sp³-hybridized carbons (Fsp3) is 0.211. The van der Waals surface area contributed by atoms with Crippen LogP contribution in [-0.2, 0) is 29.1 Å². The van der Waals surface area contributed by atoms with Gasteiger partial charge >= 0.3 is 11.9 Å². The number of rotatable bonds is 7. The second kappa shape index (κ2) is 9.20. The molecule has 0 heterocycles. The molecule has 0 fully saturated rings. The van der Waals surface area contributed by atoms with Crippen LogP contribution in [-0.4, -0.2) is 47.0 Å². The predicted octanol–water partition coefficient (Wildman–Crippen LogP) is 1.80. The van der Waals surface area contributed by atoms with Gasteiger partial charge < -0.3 is 14.8 Å². The van der Waals surface area contributed by atoms with Gasteiger partial charge in [0.25, 0.3) is 10.0 Å². The molecule has 0 aliphatic rings. The quantitative estimate of drug-likeness (QED) is 0.678. The Morgan fingerprint density at radius 3 is 2.00 bits per heavy atom. The number of ether oxygens (including phenoxy) is 2. The highest BCUT2D eigenvalue weighted by atomic mass is 32.2. The number of hydrogen-bond donors (Lipinski definition) is 1. The number of hydrogen-bond acceptors (Lipinski definition) is 7. The topological polar surface area (TPSA) is 119 Å². The van der Waals surface area contributed by atoms with Crippen molar-refractivity contribution in [3.05, 3.63) is 54.1 Å². The summed E-state index contributed by atoms with van der Waals surface area (Å²) in [6, 6.07) is 11.1. The van der Waals surface area contributed by atoms with Gasteiger partial charge in [-0.1, -0.05) is 0 Å². The van der Waals surface area contributed by atoms with Gasteiger partial charge in [-0.15, -0.1) is 0 Å². The van der Waals surface area contributed by atoms with Crippen LogP contribution in [0, 0.1) is 0 Å². The first kappa shape index (κ1) is 21.9. The lowest BCUT2D eigenvalue weighted by Gasteiger charge is -2.23. The molecule has 9 nitrogen and oxygen atoms in total. The third kappa shape index (κ3) is 5.32. The molecule has 2 aromatic carbocycles. The summed E-state index contributed by atoms with van der Waals surface area (Å²) in [4.78, 5) is 34.4. The van der Waals surface area contributed by atoms with Gasteiger partial charge in [-0.2, -0.15) is 0 Å². The molecule has 0 saturated heterocycles. The summed E-state index contributed by atoms with van der Waals surface area (Å²) in [5.41, 5.74) is 0.818. The molecule has 0 saturated carbocycles. The van der Waals surface area contributed by atoms with E-state index in [9.17, 15) is 22.8 Å². The predicted molar refractivity (Wildman–Crippen MR) is 105 cm³/mol. The standard InChI is InChI=1S/C19H20N2O7S/c1-13(22)20-15-6-10-17(11-7-15)29(25,26)21(12-18(23)27-2)16-8-4-14(5-9-16)19(24)28-3/h4-11H,12H2,1-3H3,(H,20,22). The van der Waals surface area contributed by atoms with Crippen LogP contribution in [0.2, 0.25) is 0 Å². The Labute approximate surface area is 168 Å². The highest BCUT2D eigenvalue weighted by Gasteiger charge is 2.27. The number of carbonyl (C=O) groups excluding carboxylic acids is 3. The molecule has 10 heteroatoms. The fourth-order valence-corrected chi connectivity index (χ4v) is 3.83. The van der Waals surface area contributed by atoms with Crippen molar-refractivity contribution < 1.29 is 32.3 Å². The lowest BCUT2D eigenvalue weighted by molar-refractivity contribution is -0.138. The molecule has 154 valence electrons. The zero-order valence-electron chi connectivity index (χ0n) is 16.0. The number of carbonyl (C=O) groups is 3. The molecule has 0 radical (unpaired) electrons. The van der Waals surface area contributed by atoms with E-state index in [0.29, 0.717) is 5.69 Å². The van der Waals surface area contributed by atoms with Crippen molar-refractivity contribution in [3.8, 4) is 0 Å². The monoisotopic (exact) mass is 420 g/mol. The number of esters is 2. The van der Waals surface area contributed by atoms with E-state index in [1.807, 2.05) is 0 Å². The van der Waals surface area contributed by atoms with Crippen molar-refractivity contribution in [2.75, 3.05) is 30.4 Å². The SMILES string of the molecule is COC(=O)CN(c1ccc(C(=O)OC)cc1)S(=O)(=O)c1ccc(NC(C)=O)cc1. The first-order valence-electron chi connectivity index (χ1n) is 8.34. The van der Waals surface area contributed by atoms with E-state index >= 15 is 0 Å². The van der Waals surface area contributed by atoms with Gasteiger partial charge in [-0.05, 0) is 48.5 Å². The molecule has 0 aliphatic carbocycles. The number of sulfonamides is 1. The first-order chi connectivity index (χ1) is 13.7. The number of methoxy groups -OCH3 is 2. The number of anilines is 2. The van der Waals surface area contributed by atoms with Crippen molar-refractivity contribution in [1.29, 1.82) is 0 Å². The first-order valence-corrected chi connectivity index (χ1v) is 9.78. The normalized spacial score (nSPS) is 10.7. The highest BCUT2D eigenvalue weighted by molar-refractivity contribution is 7.92. The lowest BCUT2D eigenvalue weighted by atomic mass is 10.2. The molecular weight excluding hydrogens is 400 g/mol. The molecular formula is C19H20N2O7S. The minimum atomic E-state index is -4.14. The maximum absolute atomic E-state index is 13.1. The molecule has 0 bridgehead atoms. The third-order valence-electron chi connectivity index (χ3n) is 3.84. The van der Waals surface area contributed by atoms with Crippen LogP contribution in [0.5, 0.6) is 0 Å². The Morgan fingerprint density at radius 1 is 0.931 bits per heavy atom. The van der Waals surface area contributed by atoms with Gasteiger partial charge in [-0.3, -0.25) is 13.9 Å². The molecule has 0 unspecified atom stereocenters. The number of nitrogens with zero attached hydrogens (tertiary/aromatic N) is 1. The summed E-state index contributed by atoms with van der Waals surface area (Å²) in [5, 5.41) is 2.54. The van der Waals surface area contributed by atoms with Crippen LogP contribution in [0.1, 0.15) is 17.3 Å². The second-order valence-electron chi connectivity index (χ2n) is 5.83. The van der Waals surface area contributed by atoms with Crippen molar-refractivity contribution in [1.82, 2.24) is 0 Å². The Balaban J connectivity index is 2.43. The summed E-state index contributed by atoms with van der Waals surface area (Å²) < 4.78 is 36.4. The molecule has 1 amide bonds. The Kier molecular flexibility index (Phi) is 6.94. The summed E-state index contributed by atoms with van der Waals surface area (Å²) in [6.07, 6.45) is 0. The summed E-state index contributed by atoms with van der Waals surface area (Å²) >= 11 is 0. The maximum atomic E-state index is 13.1. The van der Waals surface area contributed by atoms with Crippen molar-refractivity contribution in [2.45, 2.75) is 11.8 Å². The van der Waals surface area contributed by atoms with E-state index in [-0.39, 0.29) is 22.1 Å². The Morgan fingerprint density at radius 2 is 1.52 bits per heavy atom. The van der Waals surface area contributed by atoms with Gasteiger partial charge in [-0.25, -0.2) is 13.2 Å². The third-order valence-corrected chi connectivity index (χ3v) is 5.63. The van der Waals surface area contributed by atoms with E-state index in [1.54, 1.807) is 0 Å². The van der Waals surface area contributed by atoms with E-state index in [0.717, 1.165) is 11.4 Å². The number of benzene rings is 2. The highest BCUT2D eigenvalue weighted by Crippen LogP contribution is 2.25. The summed E-state index contributed by atoms with van der Waals surface area (Å²) in [5.74, 6) is -1.63. The molecule has 2 rings (SSSR count). The van der Waals surface area contributed by atoms with Crippen LogP contribution in [0.25, 0.3) is 0 Å². The van der Waals surface area contributed by atoms with E-state index in [2.05, 4.69) is 14.8 Å². The summed E-state index contributed by atoms with van der Waals surface area (Å²) in [7, 11) is -1.76. The number of nitrogens with one attached hydrogen (secondary N) is 1. The van der Waals surface area contributed by atoms with Crippen LogP contribution in [0.3, 0.4) is 0 Å². The molecule has 0 aliphatic heterocycles. The molecule has 29 heavy (non-hydrogen) atoms. The number of amides is 1. The molecule has 0 aromatic heterocycles. The summed E-state index contributed by atoms with van der Waals surface area (Å²) in [6.45, 7) is 0.768. The molecule has 2 aromatic rings. The van der Waals surface area contributed by atoms with Crippen molar-refractivity contribution in [3.63, 3.8) is 0 Å². The Hall–Kier alpha value is -3.40. The average molecular weight is 420 g/mol.